The van der Waals surface area contributed by atoms with E-state index in [0.29, 0.717) is 13.1 Å². The molecular weight excluding hydrogens is 417 g/mol. The van der Waals surface area contributed by atoms with E-state index in [2.05, 4.69) is 22.8 Å². The molecule has 0 saturated carbocycles. The molecule has 3 rings (SSSR count). The monoisotopic (exact) mass is 446 g/mol. The van der Waals surface area contributed by atoms with E-state index in [0.717, 1.165) is 73.0 Å². The zero-order chi connectivity index (χ0) is 23.0. The van der Waals surface area contributed by atoms with Crippen LogP contribution in [-0.4, -0.2) is 19.1 Å². The van der Waals surface area contributed by atoms with Crippen molar-refractivity contribution >= 4 is 17.0 Å². The fourth-order valence-corrected chi connectivity index (χ4v) is 3.71. The van der Waals surface area contributed by atoms with Crippen LogP contribution in [0.15, 0.2) is 52.9 Å². The molecular formula is C25H29F3N2O2. The van der Waals surface area contributed by atoms with Crippen molar-refractivity contribution in [3.63, 3.8) is 0 Å². The summed E-state index contributed by atoms with van der Waals surface area (Å²) in [6.07, 6.45) is 0.683. The Hall–Kier alpha value is -2.96. The van der Waals surface area contributed by atoms with Gasteiger partial charge in [-0.25, -0.2) is 4.79 Å². The largest absolute Gasteiger partial charge is 0.461 e. The van der Waals surface area contributed by atoms with Crippen molar-refractivity contribution in [2.45, 2.75) is 51.6 Å². The van der Waals surface area contributed by atoms with Gasteiger partial charge >= 0.3 is 12.2 Å². The molecule has 2 amide bonds. The lowest BCUT2D eigenvalue weighted by Gasteiger charge is -2.07. The van der Waals surface area contributed by atoms with Crippen LogP contribution in [0.2, 0.25) is 0 Å². The van der Waals surface area contributed by atoms with Crippen molar-refractivity contribution < 1.29 is 22.4 Å². The quantitative estimate of drug-likeness (QED) is 0.361. The molecule has 7 heteroatoms. The number of benzene rings is 2. The van der Waals surface area contributed by atoms with Gasteiger partial charge in [0.2, 0.25) is 0 Å². The van der Waals surface area contributed by atoms with E-state index in [1.807, 2.05) is 19.1 Å². The summed E-state index contributed by atoms with van der Waals surface area (Å²) < 4.78 is 43.9. The van der Waals surface area contributed by atoms with Gasteiger partial charge in [-0.2, -0.15) is 13.2 Å². The third-order valence-electron chi connectivity index (χ3n) is 5.37. The first-order chi connectivity index (χ1) is 15.4. The lowest BCUT2D eigenvalue weighted by molar-refractivity contribution is -0.137. The van der Waals surface area contributed by atoms with E-state index in [1.54, 1.807) is 12.1 Å². The maximum absolute atomic E-state index is 12.6. The van der Waals surface area contributed by atoms with Crippen molar-refractivity contribution in [1.82, 2.24) is 10.6 Å². The summed E-state index contributed by atoms with van der Waals surface area (Å²) in [4.78, 5) is 11.5. The lowest BCUT2D eigenvalue weighted by Crippen LogP contribution is -2.35. The summed E-state index contributed by atoms with van der Waals surface area (Å²) in [5, 5.41) is 6.65. The first kappa shape index (κ1) is 23.7. The van der Waals surface area contributed by atoms with Gasteiger partial charge in [-0.1, -0.05) is 24.3 Å². The number of furan rings is 1. The second-order valence-electron chi connectivity index (χ2n) is 7.83. The van der Waals surface area contributed by atoms with Gasteiger partial charge in [-0.05, 0) is 74.4 Å². The molecule has 0 bridgehead atoms. The Morgan fingerprint density at radius 1 is 0.938 bits per heavy atom. The molecule has 0 aliphatic rings. The molecule has 32 heavy (non-hydrogen) atoms. The van der Waals surface area contributed by atoms with Gasteiger partial charge in [0.15, 0.2) is 0 Å². The van der Waals surface area contributed by atoms with Gasteiger partial charge in [0.1, 0.15) is 11.3 Å². The average molecular weight is 447 g/mol. The number of carbonyl (C=O) groups is 1. The Balaban J connectivity index is 1.47. The van der Waals surface area contributed by atoms with Crippen molar-refractivity contribution in [2.24, 2.45) is 0 Å². The molecule has 0 saturated heterocycles. The molecule has 0 atom stereocenters. The summed E-state index contributed by atoms with van der Waals surface area (Å²) in [7, 11) is 0. The topological polar surface area (TPSA) is 54.3 Å². The highest BCUT2D eigenvalue weighted by atomic mass is 19.4. The average Bonchev–Trinajstić information content (AvgIpc) is 3.18. The number of amides is 2. The minimum Gasteiger partial charge on any atom is -0.461 e. The lowest BCUT2D eigenvalue weighted by atomic mass is 10.0. The van der Waals surface area contributed by atoms with Crippen molar-refractivity contribution in [3.8, 4) is 0 Å². The van der Waals surface area contributed by atoms with E-state index < -0.39 is 11.7 Å². The number of halogens is 3. The number of urea groups is 1. The van der Waals surface area contributed by atoms with Gasteiger partial charge in [0.25, 0.3) is 0 Å². The van der Waals surface area contributed by atoms with Crippen LogP contribution >= 0.6 is 0 Å². The number of alkyl halides is 3. The van der Waals surface area contributed by atoms with Gasteiger partial charge < -0.3 is 15.1 Å². The number of rotatable bonds is 10. The predicted molar refractivity (Wildman–Crippen MR) is 120 cm³/mol. The van der Waals surface area contributed by atoms with Crippen molar-refractivity contribution in [3.05, 3.63) is 71.0 Å². The number of unbranched alkanes of at least 4 members (excludes halogenated alkanes) is 1. The van der Waals surface area contributed by atoms with Crippen LogP contribution in [0.25, 0.3) is 11.0 Å². The molecule has 3 aromatic rings. The summed E-state index contributed by atoms with van der Waals surface area (Å²) >= 11 is 0. The summed E-state index contributed by atoms with van der Waals surface area (Å²) in [6, 6.07) is 13.3. The van der Waals surface area contributed by atoms with Crippen LogP contribution < -0.4 is 10.6 Å². The molecule has 2 N–H and O–H groups in total. The van der Waals surface area contributed by atoms with Gasteiger partial charge in [-0.15, -0.1) is 0 Å². The molecule has 0 unspecified atom stereocenters. The van der Waals surface area contributed by atoms with Crippen LogP contribution in [0, 0.1) is 0 Å². The second kappa shape index (κ2) is 11.1. The first-order valence-electron chi connectivity index (χ1n) is 11.0. The van der Waals surface area contributed by atoms with Crippen LogP contribution in [0.4, 0.5) is 18.0 Å². The van der Waals surface area contributed by atoms with Crippen molar-refractivity contribution in [1.29, 1.82) is 0 Å². The van der Waals surface area contributed by atoms with E-state index >= 15 is 0 Å². The fourth-order valence-electron chi connectivity index (χ4n) is 3.71. The van der Waals surface area contributed by atoms with Crippen molar-refractivity contribution in [2.75, 3.05) is 13.1 Å². The summed E-state index contributed by atoms with van der Waals surface area (Å²) in [5.74, 6) is 0.917. The number of aryl methyl sites for hydroxylation is 3. The van der Waals surface area contributed by atoms with Gasteiger partial charge in [0.05, 0.1) is 5.56 Å². The van der Waals surface area contributed by atoms with Gasteiger partial charge in [-0.3, -0.25) is 0 Å². The van der Waals surface area contributed by atoms with E-state index in [1.165, 1.54) is 5.56 Å². The highest BCUT2D eigenvalue weighted by Gasteiger charge is 2.29. The number of fused-ring (bicyclic) bond motifs is 1. The summed E-state index contributed by atoms with van der Waals surface area (Å²) in [5.41, 5.74) is 2.35. The molecule has 1 aromatic heterocycles. The smallest absolute Gasteiger partial charge is 0.416 e. The normalized spacial score (nSPS) is 11.6. The third kappa shape index (κ3) is 6.77. The Kier molecular flexibility index (Phi) is 8.20. The molecule has 1 heterocycles. The standard InChI is InChI=1S/C25H29F3N2O2/c1-2-29-24(31)30-16-6-9-19-8-5-11-23-22(19)17-21(32-23)10-4-3-7-18-12-14-20(15-13-18)25(26,27)28/h5,8,11-15,17H,2-4,6-7,9-10,16H2,1H3,(H2,29,30,31). The van der Waals surface area contributed by atoms with Crippen LogP contribution in [0.3, 0.4) is 0 Å². The molecule has 2 aromatic carbocycles. The Morgan fingerprint density at radius 2 is 1.69 bits per heavy atom. The molecule has 0 spiro atoms. The third-order valence-corrected chi connectivity index (χ3v) is 5.37. The van der Waals surface area contributed by atoms with Crippen LogP contribution in [-0.2, 0) is 25.4 Å². The van der Waals surface area contributed by atoms with E-state index in [4.69, 9.17) is 4.42 Å². The predicted octanol–water partition coefficient (Wildman–Crippen LogP) is 6.27. The first-order valence-corrected chi connectivity index (χ1v) is 11.0. The maximum atomic E-state index is 12.6. The number of hydrogen-bond acceptors (Lipinski definition) is 2. The SMILES string of the molecule is CCNC(=O)NCCCc1cccc2oc(CCCCc3ccc(C(F)(F)F)cc3)cc12. The second-order valence-corrected chi connectivity index (χ2v) is 7.83. The highest BCUT2D eigenvalue weighted by molar-refractivity contribution is 5.81. The van der Waals surface area contributed by atoms with Gasteiger partial charge in [0, 0.05) is 24.9 Å². The molecule has 0 fully saturated rings. The number of nitrogens with one attached hydrogen (secondary N) is 2. The van der Waals surface area contributed by atoms with E-state index in [9.17, 15) is 18.0 Å². The van der Waals surface area contributed by atoms with Crippen LogP contribution in [0.1, 0.15) is 48.6 Å². The summed E-state index contributed by atoms with van der Waals surface area (Å²) in [6.45, 7) is 3.09. The Bertz CT molecular complexity index is 1010. The minimum absolute atomic E-state index is 0.146. The number of carbonyl (C=O) groups excluding carboxylic acids is 1. The van der Waals surface area contributed by atoms with E-state index in [-0.39, 0.29) is 6.03 Å². The molecule has 172 valence electrons. The highest BCUT2D eigenvalue weighted by Crippen LogP contribution is 2.29. The zero-order valence-corrected chi connectivity index (χ0v) is 18.2. The fraction of sp³-hybridized carbons (Fsp3) is 0.400. The number of hydrogen-bond donors (Lipinski definition) is 2. The molecule has 4 nitrogen and oxygen atoms in total. The Morgan fingerprint density at radius 3 is 2.41 bits per heavy atom. The molecule has 0 aliphatic heterocycles. The van der Waals surface area contributed by atoms with Crippen LogP contribution in [0.5, 0.6) is 0 Å². The zero-order valence-electron chi connectivity index (χ0n) is 18.2. The maximum Gasteiger partial charge on any atom is 0.416 e. The Labute approximate surface area is 186 Å². The molecule has 0 aliphatic carbocycles. The minimum atomic E-state index is -4.29. The molecule has 0 radical (unpaired) electrons.